The molecule has 0 radical (unpaired) electrons. The summed E-state index contributed by atoms with van der Waals surface area (Å²) in [7, 11) is 1.60. The van der Waals surface area contributed by atoms with Gasteiger partial charge in [0.1, 0.15) is 24.1 Å². The summed E-state index contributed by atoms with van der Waals surface area (Å²) < 4.78 is 17.5. The number of rotatable bonds is 15. The van der Waals surface area contributed by atoms with Gasteiger partial charge in [0.05, 0.1) is 16.6 Å². The molecule has 6 atom stereocenters. The number of ether oxygens (including phenoxy) is 3. The van der Waals surface area contributed by atoms with Gasteiger partial charge in [-0.2, -0.15) is 0 Å². The van der Waals surface area contributed by atoms with E-state index in [9.17, 15) is 35.3 Å². The molecular weight excluding hydrogens is 724 g/mol. The average molecular weight is 773 g/mol. The Morgan fingerprint density at radius 1 is 0.982 bits per heavy atom. The van der Waals surface area contributed by atoms with Gasteiger partial charge in [0.15, 0.2) is 11.5 Å². The number of hydrogen-bond acceptors (Lipinski definition) is 12. The van der Waals surface area contributed by atoms with Gasteiger partial charge in [-0.25, -0.2) is 4.79 Å². The molecular formula is C41H48N4O11. The molecule has 2 aliphatic carbocycles. The van der Waals surface area contributed by atoms with Crippen molar-refractivity contribution in [3.63, 3.8) is 0 Å². The quantitative estimate of drug-likeness (QED) is 0.0742. The number of aromatic hydroxyl groups is 1. The maximum atomic E-state index is 14.0. The highest BCUT2D eigenvalue weighted by molar-refractivity contribution is 6.03. The van der Waals surface area contributed by atoms with Gasteiger partial charge in [0, 0.05) is 56.8 Å². The Kier molecular flexibility index (Phi) is 11.6. The van der Waals surface area contributed by atoms with Crippen LogP contribution in [0.4, 0.5) is 10.5 Å². The fourth-order valence-corrected chi connectivity index (χ4v) is 8.75. The van der Waals surface area contributed by atoms with E-state index in [1.165, 1.54) is 23.1 Å². The van der Waals surface area contributed by atoms with Crippen LogP contribution in [0, 0.1) is 27.9 Å². The molecule has 2 aliphatic heterocycles. The molecule has 1 fully saturated rings. The van der Waals surface area contributed by atoms with Crippen molar-refractivity contribution in [2.75, 3.05) is 27.1 Å². The Morgan fingerprint density at radius 2 is 1.70 bits per heavy atom. The van der Waals surface area contributed by atoms with Gasteiger partial charge < -0.3 is 49.7 Å². The molecule has 56 heavy (non-hydrogen) atoms. The molecule has 15 heteroatoms. The molecule has 0 bridgehead atoms. The largest absolute Gasteiger partial charge is 0.508 e. The topological polar surface area (TPSA) is 206 Å². The Balaban J connectivity index is 1.27. The van der Waals surface area contributed by atoms with Crippen LogP contribution in [0.2, 0.25) is 0 Å². The number of hydrogen-bond donors (Lipinski definition) is 5. The lowest BCUT2D eigenvalue weighted by atomic mass is 9.55. The Hall–Kier alpha value is -5.38. The summed E-state index contributed by atoms with van der Waals surface area (Å²) >= 11 is 0. The van der Waals surface area contributed by atoms with Gasteiger partial charge >= 0.3 is 6.03 Å². The molecule has 7 rings (SSSR count). The van der Waals surface area contributed by atoms with E-state index in [4.69, 9.17) is 19.0 Å². The average Bonchev–Trinajstić information content (AvgIpc) is 3.67. The number of oxime groups is 1. The maximum Gasteiger partial charge on any atom is 0.317 e. The zero-order valence-corrected chi connectivity index (χ0v) is 31.2. The number of benzene rings is 3. The van der Waals surface area contributed by atoms with Crippen molar-refractivity contribution >= 4 is 17.4 Å². The Morgan fingerprint density at radius 3 is 2.45 bits per heavy atom. The number of nitrogens with zero attached hydrogens (tertiary/aromatic N) is 3. The van der Waals surface area contributed by atoms with Crippen molar-refractivity contribution in [1.29, 1.82) is 0 Å². The number of phenols is 1. The number of nitro groups is 1. The van der Waals surface area contributed by atoms with Crippen LogP contribution in [0.15, 0.2) is 77.5 Å². The molecule has 0 aromatic heterocycles. The lowest BCUT2D eigenvalue weighted by Gasteiger charge is -2.58. The number of phenolic OH excluding ortho intramolecular Hbond substituents is 1. The molecule has 298 valence electrons. The number of amides is 2. The van der Waals surface area contributed by atoms with Crippen LogP contribution >= 0.6 is 0 Å². The van der Waals surface area contributed by atoms with Crippen molar-refractivity contribution < 1.29 is 49.2 Å². The van der Waals surface area contributed by atoms with E-state index in [2.05, 4.69) is 16.5 Å². The maximum absolute atomic E-state index is 14.0. The molecule has 5 N–H and O–H groups in total. The molecule has 0 spiro atoms. The highest BCUT2D eigenvalue weighted by Crippen LogP contribution is 2.60. The van der Waals surface area contributed by atoms with Crippen LogP contribution in [-0.2, 0) is 18.0 Å². The molecule has 15 nitrogen and oxygen atoms in total. The number of fused-ring (bicyclic) bond motifs is 3. The van der Waals surface area contributed by atoms with Crippen LogP contribution in [0.1, 0.15) is 67.6 Å². The van der Waals surface area contributed by atoms with Crippen LogP contribution in [0.5, 0.6) is 23.0 Å². The number of carbonyl (C=O) groups excluding carboxylic acids is 1. The number of unbranched alkanes of at least 4 members (excludes halogenated alkanes) is 2. The minimum atomic E-state index is -1.94. The second-order valence-electron chi connectivity index (χ2n) is 14.9. The van der Waals surface area contributed by atoms with Gasteiger partial charge in [-0.3, -0.25) is 10.1 Å². The van der Waals surface area contributed by atoms with Crippen LogP contribution in [0.3, 0.4) is 0 Å². The first-order valence-electron chi connectivity index (χ1n) is 19.1. The summed E-state index contributed by atoms with van der Waals surface area (Å²) in [6, 6.07) is 14.8. The minimum absolute atomic E-state index is 0.0145. The molecule has 3 aromatic carbocycles. The highest BCUT2D eigenvalue weighted by Gasteiger charge is 2.63. The number of nitrogens with one attached hydrogen (secondary N) is 1. The zero-order valence-electron chi connectivity index (χ0n) is 31.2. The van der Waals surface area contributed by atoms with E-state index in [1.807, 2.05) is 6.07 Å². The molecule has 2 amide bonds. The minimum Gasteiger partial charge on any atom is -0.508 e. The fraction of sp³-hybridized carbons (Fsp3) is 0.463. The number of allylic oxidation sites excluding steroid dienone is 1. The smallest absolute Gasteiger partial charge is 0.317 e. The number of carbonyl (C=O) groups is 1. The third kappa shape index (κ3) is 7.84. The van der Waals surface area contributed by atoms with E-state index < -0.39 is 28.7 Å². The molecule has 0 unspecified atom stereocenters. The number of aliphatic hydroxyl groups excluding tert-OH is 2. The van der Waals surface area contributed by atoms with Crippen molar-refractivity contribution in [2.45, 2.75) is 75.8 Å². The zero-order chi connectivity index (χ0) is 39.4. The van der Waals surface area contributed by atoms with Crippen molar-refractivity contribution in [1.82, 2.24) is 10.2 Å². The Bertz CT molecular complexity index is 1970. The third-order valence-electron chi connectivity index (χ3n) is 11.5. The van der Waals surface area contributed by atoms with Crippen molar-refractivity contribution in [2.24, 2.45) is 22.9 Å². The lowest BCUT2D eigenvalue weighted by molar-refractivity contribution is -0.384. The number of non-ortho nitro benzene ring substituents is 1. The number of urea groups is 1. The first-order valence-corrected chi connectivity index (χ1v) is 19.1. The van der Waals surface area contributed by atoms with E-state index in [0.717, 1.165) is 30.4 Å². The van der Waals surface area contributed by atoms with Crippen LogP contribution < -0.4 is 19.5 Å². The first kappa shape index (κ1) is 38.9. The molecule has 4 aliphatic rings. The third-order valence-corrected chi connectivity index (χ3v) is 11.5. The van der Waals surface area contributed by atoms with Crippen molar-refractivity contribution in [3.05, 3.63) is 99.1 Å². The monoisotopic (exact) mass is 772 g/mol. The van der Waals surface area contributed by atoms with E-state index in [1.54, 1.807) is 43.4 Å². The summed E-state index contributed by atoms with van der Waals surface area (Å²) in [6.07, 6.45) is 6.34. The number of aliphatic hydroxyl groups is 3. The summed E-state index contributed by atoms with van der Waals surface area (Å²) in [6.45, 7) is 0.414. The second kappa shape index (κ2) is 16.8. The normalized spacial score (nSPS) is 25.0. The Labute approximate surface area is 324 Å². The predicted octanol–water partition coefficient (Wildman–Crippen LogP) is 5.49. The van der Waals surface area contributed by atoms with Gasteiger partial charge in [0.2, 0.25) is 12.6 Å². The van der Waals surface area contributed by atoms with E-state index in [0.29, 0.717) is 53.4 Å². The fourth-order valence-electron chi connectivity index (χ4n) is 8.75. The molecule has 0 saturated heterocycles. The number of likely N-dealkylation sites (N-methyl/N-ethyl adjacent to an activating group) is 1. The standard InChI is InChI=1S/C41H48N4O11/c1-44(40(49)42-22-26-10-14-35-36(18-26)54-24-53-35)37-21-33(43-55-23-25-8-11-28(12-9-25)45(51)52)31-19-27(6-2-4-16-46)30(7-3-5-17-47)38-32-20-29(48)13-15-34(32)56-41(37,50)39(31)38/h8-15,18-20,27,30,37-39,46-48,50H,2-7,16-17,21-24H2,1H3,(H,42,49)/t27-,30+,37-,38+,39+,41+/m0/s1. The van der Waals surface area contributed by atoms with Crippen LogP contribution in [0.25, 0.3) is 0 Å². The lowest BCUT2D eigenvalue weighted by Crippen LogP contribution is -2.69. The van der Waals surface area contributed by atoms with Crippen molar-refractivity contribution in [3.8, 4) is 23.0 Å². The first-order chi connectivity index (χ1) is 27.1. The van der Waals surface area contributed by atoms with E-state index >= 15 is 0 Å². The highest BCUT2D eigenvalue weighted by atomic mass is 16.7. The SMILES string of the molecule is CN(C(=O)NCc1ccc2c(c1)OCO2)[C@H]1CC(=NOCc2ccc([N+](=O)[O-])cc2)C2=C[C@H](CCCCO)[C@@H](CCCCO)[C@@H]3c4cc(O)ccc4O[C@@]1(O)[C@H]23. The summed E-state index contributed by atoms with van der Waals surface area (Å²) in [4.78, 5) is 32.1. The predicted molar refractivity (Wildman–Crippen MR) is 203 cm³/mol. The van der Waals surface area contributed by atoms with Gasteiger partial charge in [-0.1, -0.05) is 30.1 Å². The summed E-state index contributed by atoms with van der Waals surface area (Å²) in [5.41, 5.74) is 3.37. The van der Waals surface area contributed by atoms with Gasteiger partial charge in [0.25, 0.3) is 5.69 Å². The van der Waals surface area contributed by atoms with Gasteiger partial charge in [-0.05, 0) is 96.7 Å². The van der Waals surface area contributed by atoms with Crippen LogP contribution in [-0.4, -0.2) is 80.9 Å². The summed E-state index contributed by atoms with van der Waals surface area (Å²) in [5.74, 6) is -1.47. The van der Waals surface area contributed by atoms with Gasteiger partial charge in [-0.15, -0.1) is 0 Å². The number of nitro benzene ring substituents is 1. The molecule has 1 saturated carbocycles. The molecule has 2 heterocycles. The summed E-state index contributed by atoms with van der Waals surface area (Å²) in [5, 5.41) is 62.0. The second-order valence-corrected chi connectivity index (χ2v) is 14.9. The molecule has 3 aromatic rings. The van der Waals surface area contributed by atoms with E-state index in [-0.39, 0.29) is 68.8 Å².